The molecule has 7 fully saturated rings. The summed E-state index contributed by atoms with van der Waals surface area (Å²) in [5.74, 6) is 2.82. The highest BCUT2D eigenvalue weighted by Crippen LogP contribution is 2.79. The Morgan fingerprint density at radius 1 is 0.979 bits per heavy atom. The van der Waals surface area contributed by atoms with Crippen LogP contribution in [0.1, 0.15) is 102 Å². The largest absolute Gasteiger partial charge is 0.440 e. The zero-order valence-electron chi connectivity index (χ0n) is 29.1. The van der Waals surface area contributed by atoms with Crippen LogP contribution in [0.4, 0.5) is 4.79 Å². The van der Waals surface area contributed by atoms with Crippen molar-refractivity contribution >= 4 is 33.3 Å². The summed E-state index contributed by atoms with van der Waals surface area (Å²) < 4.78 is 7.86. The molecule has 1 aromatic carbocycles. The Labute approximate surface area is 289 Å². The smallest absolute Gasteiger partial charge is 0.410 e. The highest BCUT2D eigenvalue weighted by atomic mass is 32.1. The van der Waals surface area contributed by atoms with Gasteiger partial charge in [0.05, 0.1) is 17.5 Å². The number of aliphatic hydroxyl groups excluding tert-OH is 1. The van der Waals surface area contributed by atoms with E-state index in [1.807, 2.05) is 6.07 Å². The second kappa shape index (κ2) is 9.46. The second-order valence-corrected chi connectivity index (χ2v) is 19.8. The summed E-state index contributed by atoms with van der Waals surface area (Å²) in [5.41, 5.74) is -0.126. The van der Waals surface area contributed by atoms with Crippen LogP contribution in [-0.4, -0.2) is 46.7 Å². The van der Waals surface area contributed by atoms with Crippen LogP contribution in [0.2, 0.25) is 0 Å². The molecule has 10 aliphatic rings. The molecule has 0 radical (unpaired) electrons. The maximum atomic E-state index is 15.0. The molecule has 2 aromatic rings. The number of ether oxygens (including phenoxy) is 1. The average Bonchev–Trinajstić information content (AvgIpc) is 3.73. The second-order valence-electron chi connectivity index (χ2n) is 18.7. The molecule has 48 heavy (non-hydrogen) atoms. The molecule has 4 bridgehead atoms. The fourth-order valence-electron chi connectivity index (χ4n) is 14.2. The van der Waals surface area contributed by atoms with Gasteiger partial charge in [-0.3, -0.25) is 4.79 Å². The topological polar surface area (TPSA) is 66.8 Å². The molecular weight excluding hydrogens is 615 g/mol. The number of thiophene rings is 1. The van der Waals surface area contributed by atoms with Gasteiger partial charge in [0.15, 0.2) is 5.78 Å². The van der Waals surface area contributed by atoms with Gasteiger partial charge < -0.3 is 14.7 Å². The highest BCUT2D eigenvalue weighted by Gasteiger charge is 2.76. The molecule has 5 nitrogen and oxygen atoms in total. The third-order valence-corrected chi connectivity index (χ3v) is 18.1. The number of rotatable bonds is 4. The van der Waals surface area contributed by atoms with Gasteiger partial charge in [-0.25, -0.2) is 4.79 Å². The van der Waals surface area contributed by atoms with Crippen LogP contribution in [0.25, 0.3) is 10.1 Å². The molecule has 11 atom stereocenters. The lowest BCUT2D eigenvalue weighted by atomic mass is 9.32. The number of Topliss-reactive ketones (excluding diaryl/α,β-unsaturated/α-hetero) is 1. The van der Waals surface area contributed by atoms with E-state index in [0.717, 1.165) is 71.5 Å². The number of nitrogens with zero attached hydrogens (tertiary/aromatic N) is 1. The third-order valence-electron chi connectivity index (χ3n) is 17.0. The Morgan fingerprint density at radius 3 is 2.54 bits per heavy atom. The number of carbonyl (C=O) groups excluding carboxylic acids is 2. The number of hydrogen-bond donors (Lipinski definition) is 1. The van der Waals surface area contributed by atoms with Crippen LogP contribution in [-0.2, 0) is 4.74 Å². The van der Waals surface area contributed by atoms with E-state index in [0.29, 0.717) is 36.1 Å². The number of amides is 1. The molecule has 1 saturated heterocycles. The van der Waals surface area contributed by atoms with Gasteiger partial charge in [-0.05, 0) is 122 Å². The minimum atomic E-state index is -0.518. The first-order valence-corrected chi connectivity index (χ1v) is 19.8. The van der Waals surface area contributed by atoms with Crippen molar-refractivity contribution in [3.63, 3.8) is 0 Å². The summed E-state index contributed by atoms with van der Waals surface area (Å²) in [6.45, 7) is 11.3. The summed E-state index contributed by atoms with van der Waals surface area (Å²) in [4.78, 5) is 31.8. The Hall–Kier alpha value is -2.44. The van der Waals surface area contributed by atoms with E-state index in [2.05, 4.69) is 75.1 Å². The Kier molecular flexibility index (Phi) is 5.99. The molecular formula is C42H51NO4S. The van der Waals surface area contributed by atoms with Crippen LogP contribution in [0, 0.1) is 56.7 Å². The molecule has 12 rings (SSSR count). The molecule has 2 heterocycles. The maximum absolute atomic E-state index is 15.0. The summed E-state index contributed by atoms with van der Waals surface area (Å²) in [7, 11) is 0. The zero-order valence-corrected chi connectivity index (χ0v) is 29.9. The number of carbonyl (C=O) groups is 2. The van der Waals surface area contributed by atoms with Crippen LogP contribution in [0.5, 0.6) is 0 Å². The number of allylic oxidation sites excluding steroid dienone is 4. The van der Waals surface area contributed by atoms with E-state index in [-0.39, 0.29) is 40.1 Å². The first-order chi connectivity index (χ1) is 22.9. The molecule has 6 heteroatoms. The van der Waals surface area contributed by atoms with Crippen LogP contribution < -0.4 is 0 Å². The third kappa shape index (κ3) is 3.48. The van der Waals surface area contributed by atoms with Gasteiger partial charge in [-0.2, -0.15) is 0 Å². The standard InChI is InChI=1S/C42H51NO4S/c1-37(2)27-10-9-26(29(37)20-27)23-43-24-41(47-36(43)46)16-13-34-39(41,4)15-12-33-38(3)14-11-28(44)21-40(38)17-18-42(33,34)30(22-40)35(45)32-19-25-7-5-6-8-31(25)48-32/h5-8,17-19,22,26-29,33-34,44H,9-16,20-21,23-24H2,1-4H3/t26-,27-,28-,29-,33+,34+,38+,39-,40-,41+,42+/m0/s1. The SMILES string of the molecule is CC1(C)[C@H]2CC[C@@H](CN3C[C@@]4(CC[C@H]5[C@]67C=C[C@@]8(C=C6C(=O)c6cc9ccccc9s6)C[C@@H](O)CC[C@]8(C)[C@H]7CC[C@@]54C)OC3=O)[C@@H]1C2. The van der Waals surface area contributed by atoms with Gasteiger partial charge in [0.2, 0.25) is 0 Å². The molecule has 3 spiro atoms. The molecule has 0 unspecified atom stereocenters. The average molecular weight is 666 g/mol. The minimum Gasteiger partial charge on any atom is -0.440 e. The van der Waals surface area contributed by atoms with Crippen molar-refractivity contribution in [2.45, 2.75) is 104 Å². The summed E-state index contributed by atoms with van der Waals surface area (Å²) in [6.07, 6.45) is 17.0. The molecule has 1 N–H and O–H groups in total. The van der Waals surface area contributed by atoms with Gasteiger partial charge in [0, 0.05) is 33.1 Å². The predicted octanol–water partition coefficient (Wildman–Crippen LogP) is 9.21. The molecule has 1 aliphatic heterocycles. The summed E-state index contributed by atoms with van der Waals surface area (Å²) in [5, 5.41) is 12.2. The van der Waals surface area contributed by atoms with E-state index >= 15 is 4.79 Å². The van der Waals surface area contributed by atoms with Crippen LogP contribution in [0.3, 0.4) is 0 Å². The fraction of sp³-hybridized carbons (Fsp3) is 0.667. The molecule has 1 amide bonds. The van der Waals surface area contributed by atoms with Crippen molar-refractivity contribution in [2.24, 2.45) is 56.7 Å². The van der Waals surface area contributed by atoms with Crippen molar-refractivity contribution in [1.82, 2.24) is 4.90 Å². The quantitative estimate of drug-likeness (QED) is 0.261. The first-order valence-electron chi connectivity index (χ1n) is 19.0. The Balaban J connectivity index is 1.04. The van der Waals surface area contributed by atoms with E-state index in [9.17, 15) is 9.90 Å². The van der Waals surface area contributed by atoms with Gasteiger partial charge in [-0.1, -0.05) is 64.1 Å². The number of ketones is 1. The number of fused-ring (bicyclic) bond motifs is 5. The van der Waals surface area contributed by atoms with Crippen LogP contribution >= 0.6 is 11.3 Å². The lowest BCUT2D eigenvalue weighted by Gasteiger charge is -2.71. The zero-order chi connectivity index (χ0) is 33.1. The number of aliphatic hydroxyl groups is 1. The van der Waals surface area contributed by atoms with E-state index in [1.54, 1.807) is 11.3 Å². The molecule has 1 aromatic heterocycles. The maximum Gasteiger partial charge on any atom is 0.410 e. The lowest BCUT2D eigenvalue weighted by molar-refractivity contribution is -0.164. The van der Waals surface area contributed by atoms with E-state index in [1.165, 1.54) is 19.3 Å². The fourth-order valence-corrected chi connectivity index (χ4v) is 15.2. The van der Waals surface area contributed by atoms with Crippen molar-refractivity contribution < 1.29 is 19.4 Å². The number of benzene rings is 1. The summed E-state index contributed by atoms with van der Waals surface area (Å²) in [6, 6.07) is 10.4. The normalized spacial score (nSPS) is 47.7. The van der Waals surface area contributed by atoms with Gasteiger partial charge in [0.1, 0.15) is 5.60 Å². The monoisotopic (exact) mass is 665 g/mol. The highest BCUT2D eigenvalue weighted by molar-refractivity contribution is 7.21. The Morgan fingerprint density at radius 2 is 1.75 bits per heavy atom. The van der Waals surface area contributed by atoms with Crippen molar-refractivity contribution in [3.8, 4) is 0 Å². The first kappa shape index (κ1) is 30.4. The summed E-state index contributed by atoms with van der Waals surface area (Å²) >= 11 is 1.61. The molecule has 6 saturated carbocycles. The van der Waals surface area contributed by atoms with Gasteiger partial charge >= 0.3 is 6.09 Å². The van der Waals surface area contributed by atoms with Crippen LogP contribution in [0.15, 0.2) is 54.1 Å². The molecule has 254 valence electrons. The van der Waals surface area contributed by atoms with Crippen molar-refractivity contribution in [1.29, 1.82) is 0 Å². The predicted molar refractivity (Wildman–Crippen MR) is 189 cm³/mol. The van der Waals surface area contributed by atoms with Crippen molar-refractivity contribution in [2.75, 3.05) is 13.1 Å². The van der Waals surface area contributed by atoms with Gasteiger partial charge in [-0.15, -0.1) is 11.3 Å². The molecule has 9 aliphatic carbocycles. The number of hydrogen-bond acceptors (Lipinski definition) is 5. The van der Waals surface area contributed by atoms with Gasteiger partial charge in [0.25, 0.3) is 0 Å². The van der Waals surface area contributed by atoms with E-state index in [4.69, 9.17) is 4.74 Å². The Bertz CT molecular complexity index is 1790. The lowest BCUT2D eigenvalue weighted by Crippen LogP contribution is -2.67. The van der Waals surface area contributed by atoms with Crippen molar-refractivity contribution in [3.05, 3.63) is 59.0 Å². The van der Waals surface area contributed by atoms with E-state index < -0.39 is 11.0 Å². The minimum absolute atomic E-state index is 0.0190.